The summed E-state index contributed by atoms with van der Waals surface area (Å²) in [6.45, 7) is 1.14. The van der Waals surface area contributed by atoms with E-state index in [-0.39, 0.29) is 0 Å². The van der Waals surface area contributed by atoms with Crippen LogP contribution in [0.25, 0.3) is 0 Å². The molecule has 1 unspecified atom stereocenters. The molecule has 0 amide bonds. The van der Waals surface area contributed by atoms with E-state index >= 15 is 0 Å². The van der Waals surface area contributed by atoms with Gasteiger partial charge in [-0.3, -0.25) is 0 Å². The summed E-state index contributed by atoms with van der Waals surface area (Å²) in [6.07, 6.45) is 2.28. The fraction of sp³-hybridized carbons (Fsp3) is 0.455. The van der Waals surface area contributed by atoms with Gasteiger partial charge in [-0.25, -0.2) is 9.37 Å². The Hall–Kier alpha value is -1.63. The fourth-order valence-electron chi connectivity index (χ4n) is 1.85. The lowest BCUT2D eigenvalue weighted by atomic mass is 10.1. The first kappa shape index (κ1) is 9.91. The van der Waals surface area contributed by atoms with Gasteiger partial charge in [0, 0.05) is 12.7 Å². The molecule has 0 aromatic carbocycles. The Morgan fingerprint density at radius 1 is 1.60 bits per heavy atom. The topological polar surface area (TPSA) is 39.9 Å². The molecule has 0 spiro atoms. The van der Waals surface area contributed by atoms with Crippen LogP contribution >= 0.6 is 0 Å². The first-order valence-corrected chi connectivity index (χ1v) is 5.05. The highest BCUT2D eigenvalue weighted by Gasteiger charge is 2.21. The molecule has 0 radical (unpaired) electrons. The standard InChI is InChI=1S/C11H12FN3/c12-10-4-2-6-15(8-10)11-9(7-13)3-1-5-14-11/h1,3,5,10H,2,4,6,8H2. The zero-order valence-electron chi connectivity index (χ0n) is 8.36. The van der Waals surface area contributed by atoms with Crippen molar-refractivity contribution in [3.8, 4) is 6.07 Å². The van der Waals surface area contributed by atoms with Gasteiger partial charge < -0.3 is 4.90 Å². The van der Waals surface area contributed by atoms with E-state index in [0.717, 1.165) is 13.0 Å². The van der Waals surface area contributed by atoms with E-state index in [1.54, 1.807) is 18.3 Å². The molecule has 1 aliphatic heterocycles. The molecule has 1 aromatic rings. The maximum atomic E-state index is 13.2. The Balaban J connectivity index is 2.25. The van der Waals surface area contributed by atoms with E-state index in [1.807, 2.05) is 4.90 Å². The summed E-state index contributed by atoms with van der Waals surface area (Å²) in [5.74, 6) is 0.613. The lowest BCUT2D eigenvalue weighted by Crippen LogP contribution is -2.37. The third-order valence-electron chi connectivity index (χ3n) is 2.57. The van der Waals surface area contributed by atoms with Gasteiger partial charge in [-0.15, -0.1) is 0 Å². The van der Waals surface area contributed by atoms with Gasteiger partial charge in [0.15, 0.2) is 0 Å². The minimum absolute atomic E-state index is 0.353. The van der Waals surface area contributed by atoms with E-state index in [0.29, 0.717) is 24.3 Å². The molecule has 0 aliphatic carbocycles. The molecule has 3 nitrogen and oxygen atoms in total. The van der Waals surface area contributed by atoms with Crippen molar-refractivity contribution in [1.29, 1.82) is 5.26 Å². The highest BCUT2D eigenvalue weighted by molar-refractivity contribution is 5.53. The molecule has 1 saturated heterocycles. The molecule has 78 valence electrons. The predicted molar refractivity (Wildman–Crippen MR) is 55.3 cm³/mol. The molecular weight excluding hydrogens is 193 g/mol. The molecule has 1 aromatic heterocycles. The van der Waals surface area contributed by atoms with Crippen molar-refractivity contribution in [3.05, 3.63) is 23.9 Å². The molecule has 2 rings (SSSR count). The average molecular weight is 205 g/mol. The van der Waals surface area contributed by atoms with Crippen LogP contribution in [0.2, 0.25) is 0 Å². The van der Waals surface area contributed by atoms with Crippen molar-refractivity contribution in [1.82, 2.24) is 4.98 Å². The van der Waals surface area contributed by atoms with Crippen LogP contribution in [0.3, 0.4) is 0 Å². The molecule has 2 heterocycles. The number of alkyl halides is 1. The lowest BCUT2D eigenvalue weighted by molar-refractivity contribution is 0.286. The van der Waals surface area contributed by atoms with Crippen LogP contribution in [-0.2, 0) is 0 Å². The van der Waals surface area contributed by atoms with Crippen molar-refractivity contribution in [2.75, 3.05) is 18.0 Å². The summed E-state index contributed by atoms with van der Waals surface area (Å²) in [5.41, 5.74) is 0.520. The number of hydrogen-bond donors (Lipinski definition) is 0. The molecular formula is C11H12FN3. The number of piperidine rings is 1. The van der Waals surface area contributed by atoms with E-state index in [4.69, 9.17) is 5.26 Å². The van der Waals surface area contributed by atoms with Gasteiger partial charge >= 0.3 is 0 Å². The number of rotatable bonds is 1. The van der Waals surface area contributed by atoms with Crippen LogP contribution in [-0.4, -0.2) is 24.2 Å². The smallest absolute Gasteiger partial charge is 0.146 e. The SMILES string of the molecule is N#Cc1cccnc1N1CCCC(F)C1. The van der Waals surface area contributed by atoms with Gasteiger partial charge in [0.25, 0.3) is 0 Å². The fourth-order valence-corrected chi connectivity index (χ4v) is 1.85. The normalized spacial score (nSPS) is 21.1. The van der Waals surface area contributed by atoms with Gasteiger partial charge in [-0.1, -0.05) is 0 Å². The third kappa shape index (κ3) is 2.07. The van der Waals surface area contributed by atoms with Crippen molar-refractivity contribution in [2.24, 2.45) is 0 Å². The molecule has 0 saturated carbocycles. The summed E-state index contributed by atoms with van der Waals surface area (Å²) >= 11 is 0. The molecule has 15 heavy (non-hydrogen) atoms. The lowest BCUT2D eigenvalue weighted by Gasteiger charge is -2.30. The number of halogens is 1. The Morgan fingerprint density at radius 3 is 3.20 bits per heavy atom. The highest BCUT2D eigenvalue weighted by atomic mass is 19.1. The van der Waals surface area contributed by atoms with Crippen LogP contribution < -0.4 is 4.90 Å². The summed E-state index contributed by atoms with van der Waals surface area (Å²) in [7, 11) is 0. The molecule has 0 N–H and O–H groups in total. The first-order chi connectivity index (χ1) is 7.31. The van der Waals surface area contributed by atoms with Crippen molar-refractivity contribution < 1.29 is 4.39 Å². The highest BCUT2D eigenvalue weighted by Crippen LogP contribution is 2.22. The van der Waals surface area contributed by atoms with E-state index < -0.39 is 6.17 Å². The van der Waals surface area contributed by atoms with Crippen LogP contribution in [0.4, 0.5) is 10.2 Å². The van der Waals surface area contributed by atoms with Gasteiger partial charge in [-0.2, -0.15) is 5.26 Å². The molecule has 4 heteroatoms. The van der Waals surface area contributed by atoms with Crippen molar-refractivity contribution >= 4 is 5.82 Å². The molecule has 1 aliphatic rings. The Kier molecular flexibility index (Phi) is 2.82. The number of pyridine rings is 1. The predicted octanol–water partition coefficient (Wildman–Crippen LogP) is 1.89. The number of nitriles is 1. The number of anilines is 1. The number of nitrogens with zero attached hydrogens (tertiary/aromatic N) is 3. The second-order valence-electron chi connectivity index (χ2n) is 3.67. The summed E-state index contributed by atoms with van der Waals surface area (Å²) in [4.78, 5) is 6.00. The van der Waals surface area contributed by atoms with Crippen LogP contribution in [0.5, 0.6) is 0 Å². The maximum Gasteiger partial charge on any atom is 0.146 e. The van der Waals surface area contributed by atoms with Crippen LogP contribution in [0.1, 0.15) is 18.4 Å². The molecule has 1 atom stereocenters. The molecule has 1 fully saturated rings. The molecule has 0 bridgehead atoms. The van der Waals surface area contributed by atoms with E-state index in [9.17, 15) is 4.39 Å². The third-order valence-corrected chi connectivity index (χ3v) is 2.57. The average Bonchev–Trinajstić information content (AvgIpc) is 2.29. The van der Waals surface area contributed by atoms with E-state index in [2.05, 4.69) is 11.1 Å². The van der Waals surface area contributed by atoms with E-state index in [1.165, 1.54) is 0 Å². The zero-order valence-corrected chi connectivity index (χ0v) is 8.36. The van der Waals surface area contributed by atoms with Gasteiger partial charge in [0.1, 0.15) is 18.1 Å². The summed E-state index contributed by atoms with van der Waals surface area (Å²) < 4.78 is 13.2. The van der Waals surface area contributed by atoms with Gasteiger partial charge in [-0.05, 0) is 25.0 Å². The minimum Gasteiger partial charge on any atom is -0.353 e. The Labute approximate surface area is 88.2 Å². The quantitative estimate of drug-likeness (QED) is 0.702. The summed E-state index contributed by atoms with van der Waals surface area (Å²) in [6, 6.07) is 5.51. The monoisotopic (exact) mass is 205 g/mol. The maximum absolute atomic E-state index is 13.2. The Bertz CT molecular complexity index is 386. The van der Waals surface area contributed by atoms with Crippen LogP contribution in [0.15, 0.2) is 18.3 Å². The number of hydrogen-bond acceptors (Lipinski definition) is 3. The van der Waals surface area contributed by atoms with Gasteiger partial charge in [0.2, 0.25) is 0 Å². The second-order valence-corrected chi connectivity index (χ2v) is 3.67. The first-order valence-electron chi connectivity index (χ1n) is 5.05. The van der Waals surface area contributed by atoms with Crippen molar-refractivity contribution in [2.45, 2.75) is 19.0 Å². The van der Waals surface area contributed by atoms with Gasteiger partial charge in [0.05, 0.1) is 12.1 Å². The summed E-state index contributed by atoms with van der Waals surface area (Å²) in [5, 5.41) is 8.90. The second kappa shape index (κ2) is 4.26. The Morgan fingerprint density at radius 2 is 2.47 bits per heavy atom. The van der Waals surface area contributed by atoms with Crippen LogP contribution in [0, 0.1) is 11.3 Å². The minimum atomic E-state index is -0.799. The van der Waals surface area contributed by atoms with Crippen molar-refractivity contribution in [3.63, 3.8) is 0 Å². The number of aromatic nitrogens is 1. The zero-order chi connectivity index (χ0) is 10.7. The largest absolute Gasteiger partial charge is 0.353 e.